The average molecular weight is 276 g/mol. The molecule has 20 heavy (non-hydrogen) atoms. The summed E-state index contributed by atoms with van der Waals surface area (Å²) < 4.78 is 5.54. The van der Waals surface area contributed by atoms with Crippen LogP contribution in [0.2, 0.25) is 0 Å². The van der Waals surface area contributed by atoms with E-state index in [9.17, 15) is 0 Å². The summed E-state index contributed by atoms with van der Waals surface area (Å²) in [4.78, 5) is 2.46. The molecule has 0 spiro atoms. The van der Waals surface area contributed by atoms with Crippen molar-refractivity contribution in [3.8, 4) is 0 Å². The van der Waals surface area contributed by atoms with Gasteiger partial charge in [-0.25, -0.2) is 0 Å². The molecule has 0 amide bonds. The molecule has 0 bridgehead atoms. The van der Waals surface area contributed by atoms with Gasteiger partial charge in [-0.1, -0.05) is 32.0 Å². The highest BCUT2D eigenvalue weighted by Gasteiger charge is 2.14. The molecule has 1 aliphatic rings. The molecular formula is C17H28N2O. The van der Waals surface area contributed by atoms with Crippen LogP contribution in [-0.4, -0.2) is 37.2 Å². The molecule has 0 saturated carbocycles. The Balaban J connectivity index is 2.02. The van der Waals surface area contributed by atoms with Crippen molar-refractivity contribution in [1.82, 2.24) is 4.90 Å². The second-order valence-electron chi connectivity index (χ2n) is 5.50. The molecule has 1 N–H and O–H groups in total. The summed E-state index contributed by atoms with van der Waals surface area (Å²) in [6.07, 6.45) is 3.48. The van der Waals surface area contributed by atoms with Crippen LogP contribution in [0.3, 0.4) is 0 Å². The van der Waals surface area contributed by atoms with Crippen molar-refractivity contribution in [1.29, 1.82) is 0 Å². The van der Waals surface area contributed by atoms with Gasteiger partial charge in [-0.2, -0.15) is 0 Å². The van der Waals surface area contributed by atoms with E-state index in [2.05, 4.69) is 48.3 Å². The Morgan fingerprint density at radius 1 is 1.15 bits per heavy atom. The minimum Gasteiger partial charge on any atom is -0.382 e. The largest absolute Gasteiger partial charge is 0.382 e. The number of ether oxygens (including phenoxy) is 1. The van der Waals surface area contributed by atoms with Gasteiger partial charge in [-0.15, -0.1) is 0 Å². The second-order valence-corrected chi connectivity index (χ2v) is 5.50. The second kappa shape index (κ2) is 8.28. The summed E-state index contributed by atoms with van der Waals surface area (Å²) in [5, 5.41) is 3.74. The van der Waals surface area contributed by atoms with E-state index in [1.54, 1.807) is 0 Å². The molecule has 0 aliphatic carbocycles. The van der Waals surface area contributed by atoms with E-state index >= 15 is 0 Å². The molecule has 3 nitrogen and oxygen atoms in total. The number of benzene rings is 1. The van der Waals surface area contributed by atoms with Crippen LogP contribution in [0.15, 0.2) is 24.3 Å². The summed E-state index contributed by atoms with van der Waals surface area (Å²) in [5.41, 5.74) is 2.70. The maximum atomic E-state index is 5.54. The van der Waals surface area contributed by atoms with E-state index in [1.807, 2.05) is 0 Å². The topological polar surface area (TPSA) is 24.5 Å². The fraction of sp³-hybridized carbons (Fsp3) is 0.647. The molecule has 1 aliphatic heterocycles. The summed E-state index contributed by atoms with van der Waals surface area (Å²) in [6.45, 7) is 9.48. The third-order valence-corrected chi connectivity index (χ3v) is 4.12. The van der Waals surface area contributed by atoms with Crippen LogP contribution in [0, 0.1) is 0 Å². The Bertz CT molecular complexity index is 382. The number of para-hydroxylation sites is 1. The zero-order valence-corrected chi connectivity index (χ0v) is 12.9. The van der Waals surface area contributed by atoms with Gasteiger partial charge >= 0.3 is 0 Å². The van der Waals surface area contributed by atoms with Gasteiger partial charge < -0.3 is 10.1 Å². The van der Waals surface area contributed by atoms with Gasteiger partial charge in [-0.05, 0) is 44.0 Å². The normalized spacial score (nSPS) is 19.9. The molecular weight excluding hydrogens is 248 g/mol. The minimum atomic E-state index is 0.551. The Morgan fingerprint density at radius 3 is 2.75 bits per heavy atom. The number of hydrogen-bond acceptors (Lipinski definition) is 3. The van der Waals surface area contributed by atoms with Crippen LogP contribution in [0.25, 0.3) is 0 Å². The van der Waals surface area contributed by atoms with E-state index in [1.165, 1.54) is 17.7 Å². The SMILES string of the molecule is CCN(CC)Cc1ccccc1NC1CCCOCC1. The van der Waals surface area contributed by atoms with Gasteiger partial charge in [0, 0.05) is 31.5 Å². The maximum absolute atomic E-state index is 5.54. The van der Waals surface area contributed by atoms with Crippen LogP contribution in [0.5, 0.6) is 0 Å². The summed E-state index contributed by atoms with van der Waals surface area (Å²) in [6, 6.07) is 9.27. The lowest BCUT2D eigenvalue weighted by Crippen LogP contribution is -2.24. The first-order valence-electron chi connectivity index (χ1n) is 7.98. The predicted octanol–water partition coefficient (Wildman–Crippen LogP) is 3.51. The summed E-state index contributed by atoms with van der Waals surface area (Å²) in [7, 11) is 0. The molecule has 1 fully saturated rings. The lowest BCUT2D eigenvalue weighted by atomic mass is 10.1. The van der Waals surface area contributed by atoms with E-state index in [-0.39, 0.29) is 0 Å². The molecule has 1 saturated heterocycles. The van der Waals surface area contributed by atoms with E-state index in [4.69, 9.17) is 4.74 Å². The fourth-order valence-corrected chi connectivity index (χ4v) is 2.76. The molecule has 0 aromatic heterocycles. The Morgan fingerprint density at radius 2 is 1.95 bits per heavy atom. The van der Waals surface area contributed by atoms with Crippen molar-refractivity contribution in [2.75, 3.05) is 31.6 Å². The highest BCUT2D eigenvalue weighted by molar-refractivity contribution is 5.51. The van der Waals surface area contributed by atoms with Gasteiger partial charge in [-0.3, -0.25) is 4.90 Å². The Labute approximate surface area is 123 Å². The van der Waals surface area contributed by atoms with Crippen LogP contribution in [-0.2, 0) is 11.3 Å². The maximum Gasteiger partial charge on any atom is 0.0485 e. The molecule has 1 aromatic rings. The molecule has 1 heterocycles. The predicted molar refractivity (Wildman–Crippen MR) is 85.1 cm³/mol. The van der Waals surface area contributed by atoms with Crippen molar-refractivity contribution >= 4 is 5.69 Å². The van der Waals surface area contributed by atoms with Crippen LogP contribution < -0.4 is 5.32 Å². The standard InChI is InChI=1S/C17H28N2O/c1-3-19(4-2)14-15-8-5-6-10-17(15)18-16-9-7-12-20-13-11-16/h5-6,8,10,16,18H,3-4,7,9,11-14H2,1-2H3. The van der Waals surface area contributed by atoms with Crippen molar-refractivity contribution in [3.63, 3.8) is 0 Å². The molecule has 3 heteroatoms. The molecule has 112 valence electrons. The molecule has 1 aromatic carbocycles. The Kier molecular flexibility index (Phi) is 6.34. The number of rotatable bonds is 6. The molecule has 1 atom stereocenters. The molecule has 1 unspecified atom stereocenters. The van der Waals surface area contributed by atoms with Gasteiger partial charge in [0.25, 0.3) is 0 Å². The van der Waals surface area contributed by atoms with Crippen molar-refractivity contribution in [3.05, 3.63) is 29.8 Å². The third-order valence-electron chi connectivity index (χ3n) is 4.12. The first kappa shape index (κ1) is 15.3. The van der Waals surface area contributed by atoms with Gasteiger partial charge in [0.15, 0.2) is 0 Å². The first-order chi connectivity index (χ1) is 9.83. The smallest absolute Gasteiger partial charge is 0.0485 e. The van der Waals surface area contributed by atoms with Gasteiger partial charge in [0.05, 0.1) is 0 Å². The van der Waals surface area contributed by atoms with Gasteiger partial charge in [0.1, 0.15) is 0 Å². The monoisotopic (exact) mass is 276 g/mol. The van der Waals surface area contributed by atoms with Crippen molar-refractivity contribution in [2.24, 2.45) is 0 Å². The zero-order valence-electron chi connectivity index (χ0n) is 12.9. The third kappa shape index (κ3) is 4.50. The lowest BCUT2D eigenvalue weighted by Gasteiger charge is -2.23. The highest BCUT2D eigenvalue weighted by Crippen LogP contribution is 2.21. The number of nitrogens with zero attached hydrogens (tertiary/aromatic N) is 1. The zero-order chi connectivity index (χ0) is 14.2. The number of anilines is 1. The van der Waals surface area contributed by atoms with Crippen LogP contribution in [0.1, 0.15) is 38.7 Å². The van der Waals surface area contributed by atoms with Gasteiger partial charge in [0.2, 0.25) is 0 Å². The van der Waals surface area contributed by atoms with E-state index in [0.29, 0.717) is 6.04 Å². The fourth-order valence-electron chi connectivity index (χ4n) is 2.76. The van der Waals surface area contributed by atoms with E-state index < -0.39 is 0 Å². The highest BCUT2D eigenvalue weighted by atomic mass is 16.5. The first-order valence-corrected chi connectivity index (χ1v) is 7.98. The summed E-state index contributed by atoms with van der Waals surface area (Å²) >= 11 is 0. The van der Waals surface area contributed by atoms with Crippen LogP contribution >= 0.6 is 0 Å². The average Bonchev–Trinajstić information content (AvgIpc) is 2.75. The number of nitrogens with one attached hydrogen (secondary N) is 1. The lowest BCUT2D eigenvalue weighted by molar-refractivity contribution is 0.144. The van der Waals surface area contributed by atoms with Crippen molar-refractivity contribution in [2.45, 2.75) is 45.7 Å². The minimum absolute atomic E-state index is 0.551. The molecule has 0 radical (unpaired) electrons. The molecule has 2 rings (SSSR count). The van der Waals surface area contributed by atoms with Crippen LogP contribution in [0.4, 0.5) is 5.69 Å². The quantitative estimate of drug-likeness (QED) is 0.860. The van der Waals surface area contributed by atoms with E-state index in [0.717, 1.165) is 45.7 Å². The van der Waals surface area contributed by atoms with Crippen molar-refractivity contribution < 1.29 is 4.74 Å². The number of hydrogen-bond donors (Lipinski definition) is 1. The summed E-state index contributed by atoms with van der Waals surface area (Å²) in [5.74, 6) is 0. The Hall–Kier alpha value is -1.06.